The topological polar surface area (TPSA) is 89.0 Å². The molecular weight excluding hydrogens is 418 g/mol. The highest BCUT2D eigenvalue weighted by Gasteiger charge is 2.29. The van der Waals surface area contributed by atoms with Gasteiger partial charge in [-0.2, -0.15) is 0 Å². The second-order valence-corrected chi connectivity index (χ2v) is 8.08. The molecule has 1 aromatic heterocycles. The van der Waals surface area contributed by atoms with E-state index in [1.54, 1.807) is 48.6 Å². The Morgan fingerprint density at radius 3 is 2.71 bits per heavy atom. The van der Waals surface area contributed by atoms with Crippen molar-refractivity contribution in [2.24, 2.45) is 5.92 Å². The lowest BCUT2D eigenvalue weighted by Crippen LogP contribution is -2.45. The second kappa shape index (κ2) is 10.9. The first kappa shape index (κ1) is 22.7. The third kappa shape index (κ3) is 6.27. The minimum atomic E-state index is -0.256. The summed E-state index contributed by atoms with van der Waals surface area (Å²) in [5, 5.41) is 1.91. The van der Waals surface area contributed by atoms with Crippen LogP contribution in [0, 0.1) is 5.92 Å². The van der Waals surface area contributed by atoms with E-state index >= 15 is 0 Å². The molecule has 0 bridgehead atoms. The van der Waals surface area contributed by atoms with Gasteiger partial charge in [-0.15, -0.1) is 11.3 Å². The fraction of sp³-hybridized carbons (Fsp3) is 0.455. The SMILES string of the molecule is CCOC(=O)C1CCN(C(=O)CN(C)C(=O)c2cccc(OCc3cscn3)c2)CC1. The number of nitrogens with zero attached hydrogens (tertiary/aromatic N) is 3. The number of benzene rings is 1. The van der Waals surface area contributed by atoms with Crippen molar-refractivity contribution < 1.29 is 23.9 Å². The second-order valence-electron chi connectivity index (χ2n) is 7.36. The maximum Gasteiger partial charge on any atom is 0.309 e. The molecule has 8 nitrogen and oxygen atoms in total. The highest BCUT2D eigenvalue weighted by molar-refractivity contribution is 7.07. The third-order valence-corrected chi connectivity index (χ3v) is 5.77. The first-order valence-corrected chi connectivity index (χ1v) is 11.2. The van der Waals surface area contributed by atoms with Gasteiger partial charge in [0.2, 0.25) is 5.91 Å². The van der Waals surface area contributed by atoms with Crippen LogP contribution in [0.15, 0.2) is 35.2 Å². The Kier molecular flexibility index (Phi) is 8.00. The van der Waals surface area contributed by atoms with E-state index in [2.05, 4.69) is 4.98 Å². The van der Waals surface area contributed by atoms with Crippen LogP contribution in [0.5, 0.6) is 5.75 Å². The van der Waals surface area contributed by atoms with Gasteiger partial charge in [-0.25, -0.2) is 4.98 Å². The van der Waals surface area contributed by atoms with Crippen molar-refractivity contribution in [3.8, 4) is 5.75 Å². The van der Waals surface area contributed by atoms with Crippen molar-refractivity contribution in [1.29, 1.82) is 0 Å². The highest BCUT2D eigenvalue weighted by Crippen LogP contribution is 2.20. The zero-order valence-corrected chi connectivity index (χ0v) is 18.6. The summed E-state index contributed by atoms with van der Waals surface area (Å²) >= 11 is 1.50. The minimum Gasteiger partial charge on any atom is -0.487 e. The van der Waals surface area contributed by atoms with Gasteiger partial charge in [-0.05, 0) is 38.0 Å². The van der Waals surface area contributed by atoms with Crippen LogP contribution in [-0.4, -0.2) is 65.9 Å². The molecule has 3 rings (SSSR count). The van der Waals surface area contributed by atoms with Crippen molar-refractivity contribution in [3.05, 3.63) is 46.4 Å². The van der Waals surface area contributed by atoms with E-state index < -0.39 is 0 Å². The van der Waals surface area contributed by atoms with Crippen molar-refractivity contribution in [2.75, 3.05) is 33.3 Å². The van der Waals surface area contributed by atoms with E-state index in [0.717, 1.165) is 5.69 Å². The van der Waals surface area contributed by atoms with Crippen LogP contribution in [0.4, 0.5) is 0 Å². The standard InChI is InChI=1S/C22H27N3O5S/c1-3-29-22(28)16-7-9-25(10-8-16)20(26)12-24(2)21(27)17-5-4-6-19(11-17)30-13-18-14-31-15-23-18/h4-6,11,14-16H,3,7-10,12-13H2,1-2H3. The van der Waals surface area contributed by atoms with Crippen LogP contribution in [0.2, 0.25) is 0 Å². The molecule has 0 saturated carbocycles. The Labute approximate surface area is 185 Å². The summed E-state index contributed by atoms with van der Waals surface area (Å²) in [6.07, 6.45) is 1.17. The van der Waals surface area contributed by atoms with E-state index in [1.807, 2.05) is 5.38 Å². The Bertz CT molecular complexity index is 894. The molecule has 166 valence electrons. The van der Waals surface area contributed by atoms with Gasteiger partial charge in [0.1, 0.15) is 12.4 Å². The molecule has 1 aliphatic heterocycles. The van der Waals surface area contributed by atoms with Gasteiger partial charge in [0, 0.05) is 31.1 Å². The van der Waals surface area contributed by atoms with E-state index in [9.17, 15) is 14.4 Å². The lowest BCUT2D eigenvalue weighted by molar-refractivity contribution is -0.151. The molecule has 31 heavy (non-hydrogen) atoms. The zero-order chi connectivity index (χ0) is 22.2. The monoisotopic (exact) mass is 445 g/mol. The van der Waals surface area contributed by atoms with Gasteiger partial charge in [0.25, 0.3) is 5.91 Å². The van der Waals surface area contributed by atoms with Crippen LogP contribution in [0.25, 0.3) is 0 Å². The number of hydrogen-bond acceptors (Lipinski definition) is 7. The van der Waals surface area contributed by atoms with E-state index in [-0.39, 0.29) is 30.2 Å². The number of thiazole rings is 1. The van der Waals surface area contributed by atoms with Crippen molar-refractivity contribution >= 4 is 29.1 Å². The summed E-state index contributed by atoms with van der Waals surface area (Å²) in [5.74, 6) is -0.170. The van der Waals surface area contributed by atoms with Gasteiger partial charge in [-0.1, -0.05) is 6.07 Å². The van der Waals surface area contributed by atoms with Crippen LogP contribution in [-0.2, 0) is 20.9 Å². The van der Waals surface area contributed by atoms with E-state index in [1.165, 1.54) is 16.2 Å². The van der Waals surface area contributed by atoms with Crippen LogP contribution < -0.4 is 4.74 Å². The molecule has 1 fully saturated rings. The largest absolute Gasteiger partial charge is 0.487 e. The van der Waals surface area contributed by atoms with E-state index in [4.69, 9.17) is 9.47 Å². The number of likely N-dealkylation sites (N-methyl/N-ethyl adjacent to an activating group) is 1. The zero-order valence-electron chi connectivity index (χ0n) is 17.8. The summed E-state index contributed by atoms with van der Waals surface area (Å²) in [5.41, 5.74) is 3.02. The molecule has 0 unspecified atom stereocenters. The summed E-state index contributed by atoms with van der Waals surface area (Å²) in [6, 6.07) is 6.89. The van der Waals surface area contributed by atoms with Crippen molar-refractivity contribution in [2.45, 2.75) is 26.4 Å². The first-order chi connectivity index (χ1) is 15.0. The summed E-state index contributed by atoms with van der Waals surface area (Å²) in [6.45, 7) is 3.44. The van der Waals surface area contributed by atoms with Gasteiger partial charge >= 0.3 is 5.97 Å². The Morgan fingerprint density at radius 2 is 2.03 bits per heavy atom. The Balaban J connectivity index is 1.50. The maximum atomic E-state index is 12.8. The van der Waals surface area contributed by atoms with Gasteiger partial charge in [0.15, 0.2) is 0 Å². The van der Waals surface area contributed by atoms with E-state index in [0.29, 0.717) is 50.5 Å². The van der Waals surface area contributed by atoms with Crippen molar-refractivity contribution in [1.82, 2.24) is 14.8 Å². The number of ether oxygens (including phenoxy) is 2. The van der Waals surface area contributed by atoms with Crippen LogP contribution in [0.3, 0.4) is 0 Å². The van der Waals surface area contributed by atoms with Crippen LogP contribution >= 0.6 is 11.3 Å². The summed E-state index contributed by atoms with van der Waals surface area (Å²) in [4.78, 5) is 44.5. The number of piperidine rings is 1. The number of rotatable bonds is 8. The molecule has 1 aliphatic rings. The van der Waals surface area contributed by atoms with Crippen molar-refractivity contribution in [3.63, 3.8) is 0 Å². The number of carbonyl (C=O) groups excluding carboxylic acids is 3. The fourth-order valence-electron chi connectivity index (χ4n) is 3.40. The molecule has 9 heteroatoms. The van der Waals surface area contributed by atoms with Gasteiger partial charge in [0.05, 0.1) is 30.3 Å². The smallest absolute Gasteiger partial charge is 0.309 e. The molecule has 1 aromatic carbocycles. The molecule has 0 atom stereocenters. The molecule has 2 aromatic rings. The fourth-order valence-corrected chi connectivity index (χ4v) is 3.95. The average Bonchev–Trinajstić information content (AvgIpc) is 3.31. The molecule has 0 aliphatic carbocycles. The predicted octanol–water partition coefficient (Wildman–Crippen LogP) is 2.60. The first-order valence-electron chi connectivity index (χ1n) is 10.3. The number of esters is 1. The lowest BCUT2D eigenvalue weighted by Gasteiger charge is -2.32. The minimum absolute atomic E-state index is 0.0210. The molecule has 0 spiro atoms. The van der Waals surface area contributed by atoms with Gasteiger partial charge in [-0.3, -0.25) is 14.4 Å². The molecule has 0 radical (unpaired) electrons. The Hall–Kier alpha value is -2.94. The normalized spacial score (nSPS) is 14.2. The maximum absolute atomic E-state index is 12.8. The summed E-state index contributed by atoms with van der Waals surface area (Å²) in [7, 11) is 1.61. The third-order valence-electron chi connectivity index (χ3n) is 5.14. The summed E-state index contributed by atoms with van der Waals surface area (Å²) < 4.78 is 10.8. The number of hydrogen-bond donors (Lipinski definition) is 0. The predicted molar refractivity (Wildman–Crippen MR) is 116 cm³/mol. The molecular formula is C22H27N3O5S. The number of aromatic nitrogens is 1. The number of amides is 2. The molecule has 0 N–H and O–H groups in total. The molecule has 2 amide bonds. The number of carbonyl (C=O) groups is 3. The lowest BCUT2D eigenvalue weighted by atomic mass is 9.97. The van der Waals surface area contributed by atoms with Gasteiger partial charge < -0.3 is 19.3 Å². The van der Waals surface area contributed by atoms with Crippen LogP contribution in [0.1, 0.15) is 35.8 Å². The molecule has 1 saturated heterocycles. The highest BCUT2D eigenvalue weighted by atomic mass is 32.1. The Morgan fingerprint density at radius 1 is 1.26 bits per heavy atom. The quantitative estimate of drug-likeness (QED) is 0.581. The molecule has 2 heterocycles. The number of likely N-dealkylation sites (tertiary alicyclic amines) is 1. The average molecular weight is 446 g/mol.